The summed E-state index contributed by atoms with van der Waals surface area (Å²) in [5.41, 5.74) is 8.17. The van der Waals surface area contributed by atoms with Crippen molar-refractivity contribution in [2.75, 3.05) is 5.73 Å². The number of nitrogens with two attached hydrogens (primary N) is 1. The lowest BCUT2D eigenvalue weighted by atomic mass is 9.42. The molecule has 1 aliphatic heterocycles. The third-order valence-corrected chi connectivity index (χ3v) is 8.58. The molecule has 3 fully saturated rings. The fraction of sp³-hybridized carbons (Fsp3) is 0.400. The highest BCUT2D eigenvalue weighted by Crippen LogP contribution is 2.66. The number of nitrogen functional groups attached to an aromatic ring is 1. The van der Waals surface area contributed by atoms with Crippen LogP contribution in [0.4, 0.5) is 5.69 Å². The maximum absolute atomic E-state index is 12.6. The molecule has 2 heterocycles. The van der Waals surface area contributed by atoms with Gasteiger partial charge in [0.2, 0.25) is 0 Å². The fourth-order valence-corrected chi connectivity index (χ4v) is 6.01. The molecule has 2 bridgehead atoms. The van der Waals surface area contributed by atoms with Crippen LogP contribution in [0.1, 0.15) is 42.1 Å². The first kappa shape index (κ1) is 17.5. The Morgan fingerprint density at radius 1 is 1.29 bits per heavy atom. The van der Waals surface area contributed by atoms with Gasteiger partial charge in [0.05, 0.1) is 22.5 Å². The Kier molecular flexibility index (Phi) is 3.42. The number of nitrogens with one attached hydrogen (secondary N) is 2. The van der Waals surface area contributed by atoms with Crippen LogP contribution in [0.3, 0.4) is 0 Å². The van der Waals surface area contributed by atoms with E-state index in [4.69, 9.17) is 5.73 Å². The van der Waals surface area contributed by atoms with E-state index in [-0.39, 0.29) is 11.0 Å². The van der Waals surface area contributed by atoms with Gasteiger partial charge in [-0.3, -0.25) is 9.59 Å². The van der Waals surface area contributed by atoms with E-state index in [1.807, 2.05) is 12.1 Å². The SMILES string of the molecule is C[C@H]1[C@H](NC(=O)c2cc3ccc(C45CC(C4)C5)c(N)c3[nH]c2=O)C=CS1(=O)=O. The molecule has 1 aromatic heterocycles. The molecule has 0 saturated heterocycles. The molecule has 2 aromatic rings. The van der Waals surface area contributed by atoms with Crippen LogP contribution in [0.25, 0.3) is 10.9 Å². The molecule has 6 rings (SSSR count). The van der Waals surface area contributed by atoms with Crippen LogP contribution in [0, 0.1) is 5.92 Å². The summed E-state index contributed by atoms with van der Waals surface area (Å²) < 4.78 is 23.6. The maximum atomic E-state index is 12.6. The van der Waals surface area contributed by atoms with Crippen LogP contribution >= 0.6 is 0 Å². The lowest BCUT2D eigenvalue weighted by Crippen LogP contribution is -2.55. The normalized spacial score (nSPS) is 32.0. The van der Waals surface area contributed by atoms with Crippen LogP contribution in [-0.2, 0) is 15.3 Å². The van der Waals surface area contributed by atoms with Crippen LogP contribution < -0.4 is 16.6 Å². The second-order valence-electron chi connectivity index (χ2n) is 8.38. The van der Waals surface area contributed by atoms with Gasteiger partial charge in [-0.05, 0) is 55.2 Å². The molecule has 7 nitrogen and oxygen atoms in total. The van der Waals surface area contributed by atoms with Crippen molar-refractivity contribution in [3.05, 3.63) is 51.2 Å². The standard InChI is InChI=1S/C20H21N3O4S/c1-10-15(4-5-28(10,26)27)22-18(24)13-6-12-2-3-14(20-7-11(8-20)9-20)16(21)17(12)23-19(13)25/h2-6,10-11,15H,7-9,21H2,1H3,(H,22,24)(H,23,25)/t10-,11?,15+,20?/m0/s1. The first-order valence-electron chi connectivity index (χ1n) is 9.39. The Hall–Kier alpha value is -2.61. The number of hydrogen-bond acceptors (Lipinski definition) is 5. The number of carbonyl (C=O) groups is 1. The first-order valence-corrected chi connectivity index (χ1v) is 11.0. The van der Waals surface area contributed by atoms with Crippen molar-refractivity contribution < 1.29 is 13.2 Å². The Balaban J connectivity index is 1.48. The maximum Gasteiger partial charge on any atom is 0.261 e. The van der Waals surface area contributed by atoms with Crippen molar-refractivity contribution in [3.8, 4) is 0 Å². The number of hydrogen-bond donors (Lipinski definition) is 3. The summed E-state index contributed by atoms with van der Waals surface area (Å²) in [4.78, 5) is 27.9. The molecule has 146 valence electrons. The topological polar surface area (TPSA) is 122 Å². The molecule has 1 aromatic carbocycles. The van der Waals surface area contributed by atoms with Crippen molar-refractivity contribution in [2.45, 2.75) is 42.9 Å². The predicted octanol–water partition coefficient (Wildman–Crippen LogP) is 1.59. The number of pyridine rings is 1. The van der Waals surface area contributed by atoms with E-state index in [9.17, 15) is 18.0 Å². The van der Waals surface area contributed by atoms with Gasteiger partial charge in [0.25, 0.3) is 11.5 Å². The number of sulfone groups is 1. The summed E-state index contributed by atoms with van der Waals surface area (Å²) in [6.45, 7) is 1.53. The Morgan fingerprint density at radius 3 is 2.57 bits per heavy atom. The number of aromatic amines is 1. The minimum Gasteiger partial charge on any atom is -0.397 e. The largest absolute Gasteiger partial charge is 0.397 e. The third kappa shape index (κ3) is 2.30. The van der Waals surface area contributed by atoms with Crippen molar-refractivity contribution in [2.24, 2.45) is 5.92 Å². The van der Waals surface area contributed by atoms with Crippen LogP contribution in [0.15, 0.2) is 34.5 Å². The second kappa shape index (κ2) is 5.47. The minimum atomic E-state index is -3.36. The van der Waals surface area contributed by atoms with Gasteiger partial charge >= 0.3 is 0 Å². The van der Waals surface area contributed by atoms with Crippen LogP contribution in [0.5, 0.6) is 0 Å². The molecule has 0 spiro atoms. The van der Waals surface area contributed by atoms with E-state index >= 15 is 0 Å². The van der Waals surface area contributed by atoms with Crippen molar-refractivity contribution in [1.82, 2.24) is 10.3 Å². The van der Waals surface area contributed by atoms with E-state index in [1.54, 1.807) is 0 Å². The Morgan fingerprint density at radius 2 is 2.00 bits per heavy atom. The second-order valence-corrected chi connectivity index (χ2v) is 10.6. The number of H-pyrrole nitrogens is 1. The average molecular weight is 399 g/mol. The zero-order valence-corrected chi connectivity index (χ0v) is 16.2. The number of amides is 1. The molecule has 0 radical (unpaired) electrons. The fourth-order valence-electron chi connectivity index (χ4n) is 4.81. The number of fused-ring (bicyclic) bond motifs is 1. The molecule has 1 amide bonds. The van der Waals surface area contributed by atoms with Crippen LogP contribution in [0.2, 0.25) is 0 Å². The summed E-state index contributed by atoms with van der Waals surface area (Å²) in [5, 5.41) is 3.64. The highest BCUT2D eigenvalue weighted by atomic mass is 32.2. The van der Waals surface area contributed by atoms with E-state index in [1.165, 1.54) is 19.1 Å². The number of anilines is 1. The van der Waals surface area contributed by atoms with Gasteiger partial charge in [0.1, 0.15) is 5.56 Å². The monoisotopic (exact) mass is 399 g/mol. The summed E-state index contributed by atoms with van der Waals surface area (Å²) in [6, 6.07) is 4.74. The zero-order chi connectivity index (χ0) is 19.8. The molecular weight excluding hydrogens is 378 g/mol. The van der Waals surface area contributed by atoms with E-state index in [2.05, 4.69) is 10.3 Å². The van der Waals surface area contributed by atoms with E-state index < -0.39 is 32.6 Å². The minimum absolute atomic E-state index is 0.0601. The van der Waals surface area contributed by atoms with Gasteiger partial charge in [-0.1, -0.05) is 12.1 Å². The number of aromatic nitrogens is 1. The third-order valence-electron chi connectivity index (χ3n) is 6.71. The average Bonchev–Trinajstić information content (AvgIpc) is 2.81. The lowest BCUT2D eigenvalue weighted by molar-refractivity contribution is -0.0267. The van der Waals surface area contributed by atoms with Crippen molar-refractivity contribution >= 4 is 32.3 Å². The van der Waals surface area contributed by atoms with Gasteiger partial charge < -0.3 is 16.0 Å². The summed E-state index contributed by atoms with van der Waals surface area (Å²) in [7, 11) is -3.36. The molecule has 28 heavy (non-hydrogen) atoms. The summed E-state index contributed by atoms with van der Waals surface area (Å²) in [6.07, 6.45) is 4.90. The molecule has 2 atom stereocenters. The molecular formula is C20H21N3O4S. The highest BCUT2D eigenvalue weighted by molar-refractivity contribution is 7.95. The number of benzene rings is 1. The van der Waals surface area contributed by atoms with Gasteiger partial charge in [-0.25, -0.2) is 8.42 Å². The molecule has 4 N–H and O–H groups in total. The van der Waals surface area contributed by atoms with Gasteiger partial charge in [-0.2, -0.15) is 0 Å². The smallest absolute Gasteiger partial charge is 0.261 e. The van der Waals surface area contributed by atoms with Gasteiger partial charge in [0, 0.05) is 10.8 Å². The van der Waals surface area contributed by atoms with Crippen LogP contribution in [-0.4, -0.2) is 30.6 Å². The number of rotatable bonds is 3. The molecule has 3 saturated carbocycles. The van der Waals surface area contributed by atoms with E-state index in [0.717, 1.165) is 36.2 Å². The lowest BCUT2D eigenvalue weighted by Gasteiger charge is -2.62. The van der Waals surface area contributed by atoms with Crippen molar-refractivity contribution in [3.63, 3.8) is 0 Å². The molecule has 3 aliphatic carbocycles. The first-order chi connectivity index (χ1) is 13.2. The zero-order valence-electron chi connectivity index (χ0n) is 15.4. The van der Waals surface area contributed by atoms with Crippen molar-refractivity contribution in [1.29, 1.82) is 0 Å². The Bertz CT molecular complexity index is 1210. The Labute approximate surface area is 161 Å². The highest BCUT2D eigenvalue weighted by Gasteiger charge is 2.58. The number of carbonyl (C=O) groups excluding carboxylic acids is 1. The summed E-state index contributed by atoms with van der Waals surface area (Å²) >= 11 is 0. The quantitative estimate of drug-likeness (QED) is 0.677. The summed E-state index contributed by atoms with van der Waals surface area (Å²) in [5.74, 6) is 0.208. The molecule has 4 aliphatic rings. The molecule has 8 heteroatoms. The van der Waals surface area contributed by atoms with Gasteiger partial charge in [-0.15, -0.1) is 0 Å². The van der Waals surface area contributed by atoms with Gasteiger partial charge in [0.15, 0.2) is 9.84 Å². The molecule has 0 unspecified atom stereocenters. The van der Waals surface area contributed by atoms with E-state index in [0.29, 0.717) is 16.6 Å². The predicted molar refractivity (Wildman–Crippen MR) is 107 cm³/mol.